The molecule has 0 radical (unpaired) electrons. The van der Waals surface area contributed by atoms with Gasteiger partial charge in [0, 0.05) is 3.58 Å². The largest absolute Gasteiger partial charge is 0.356 e. The van der Waals surface area contributed by atoms with E-state index in [2.05, 4.69) is 53.8 Å². The summed E-state index contributed by atoms with van der Waals surface area (Å²) in [5.41, 5.74) is 4.12. The van der Waals surface area contributed by atoms with Crippen molar-refractivity contribution in [1.82, 2.24) is 0 Å². The second-order valence-corrected chi connectivity index (χ2v) is 4.72. The van der Waals surface area contributed by atoms with E-state index >= 15 is 0 Å². The highest BCUT2D eigenvalue weighted by molar-refractivity contribution is 14.1. The van der Waals surface area contributed by atoms with Crippen molar-refractivity contribution in [2.75, 3.05) is 0 Å². The van der Waals surface area contributed by atoms with Gasteiger partial charge in [0.15, 0.2) is 0 Å². The van der Waals surface area contributed by atoms with Crippen molar-refractivity contribution in [3.05, 3.63) is 44.5 Å². The number of hydrogen-bond donors (Lipinski definition) is 0. The lowest BCUT2D eigenvalue weighted by Crippen LogP contribution is -1.98. The van der Waals surface area contributed by atoms with Crippen molar-refractivity contribution in [3.63, 3.8) is 0 Å². The van der Waals surface area contributed by atoms with Gasteiger partial charge >= 0.3 is 0 Å². The fourth-order valence-corrected chi connectivity index (χ4v) is 2.90. The summed E-state index contributed by atoms with van der Waals surface area (Å²) in [4.78, 5) is 0. The Kier molecular flexibility index (Phi) is 1.58. The maximum Gasteiger partial charge on any atom is 0.115 e. The molecule has 0 aromatic heterocycles. The summed E-state index contributed by atoms with van der Waals surface area (Å²) in [6.07, 6.45) is 0.481. The Labute approximate surface area is 90.9 Å². The van der Waals surface area contributed by atoms with Gasteiger partial charge in [-0.15, -0.1) is 0 Å². The highest BCUT2D eigenvalue weighted by atomic mass is 127. The zero-order valence-electron chi connectivity index (χ0n) is 7.25. The topological polar surface area (TPSA) is 9.23 Å². The van der Waals surface area contributed by atoms with Gasteiger partial charge in [0.1, 0.15) is 12.2 Å². The number of hydrogen-bond acceptors (Lipinski definition) is 1. The SMILES string of the molecule is CC1=C(I)C2OC1c1ccccc12. The Hall–Kier alpha value is -0.350. The lowest BCUT2D eigenvalue weighted by atomic mass is 9.92. The summed E-state index contributed by atoms with van der Waals surface area (Å²) in [5.74, 6) is 0. The Bertz CT molecular complexity index is 371. The van der Waals surface area contributed by atoms with Crippen LogP contribution in [0.3, 0.4) is 0 Å². The molecule has 1 aromatic rings. The zero-order chi connectivity index (χ0) is 9.00. The molecule has 2 bridgehead atoms. The second kappa shape index (κ2) is 2.58. The van der Waals surface area contributed by atoms with Crippen molar-refractivity contribution in [2.45, 2.75) is 19.1 Å². The molecule has 2 aliphatic heterocycles. The van der Waals surface area contributed by atoms with Crippen LogP contribution in [0.25, 0.3) is 0 Å². The van der Waals surface area contributed by atoms with Crippen LogP contribution in [0.4, 0.5) is 0 Å². The van der Waals surface area contributed by atoms with Crippen LogP contribution in [-0.4, -0.2) is 0 Å². The van der Waals surface area contributed by atoms with Gasteiger partial charge in [0.25, 0.3) is 0 Å². The van der Waals surface area contributed by atoms with Crippen LogP contribution in [0.15, 0.2) is 33.4 Å². The summed E-state index contributed by atoms with van der Waals surface area (Å²) in [6.45, 7) is 2.17. The minimum Gasteiger partial charge on any atom is -0.356 e. The molecule has 1 nitrogen and oxygen atoms in total. The number of rotatable bonds is 0. The molecule has 0 aliphatic carbocycles. The maximum atomic E-state index is 5.89. The molecule has 2 aliphatic rings. The summed E-state index contributed by atoms with van der Waals surface area (Å²) in [5, 5.41) is 0. The Balaban J connectivity index is 2.24. The molecule has 66 valence electrons. The Morgan fingerprint density at radius 2 is 1.77 bits per heavy atom. The minimum atomic E-state index is 0.238. The monoisotopic (exact) mass is 284 g/mol. The van der Waals surface area contributed by atoms with E-state index in [0.29, 0.717) is 0 Å². The van der Waals surface area contributed by atoms with E-state index in [0.717, 1.165) is 0 Å². The standard InChI is InChI=1S/C11H9IO/c1-6-9(12)11-8-5-3-2-4-7(8)10(6)13-11/h2-5,10-11H,1H3. The fourth-order valence-electron chi connectivity index (χ4n) is 2.13. The first kappa shape index (κ1) is 8.00. The molecule has 2 unspecified atom stereocenters. The third kappa shape index (κ3) is 0.904. The van der Waals surface area contributed by atoms with E-state index in [4.69, 9.17) is 4.74 Å². The predicted octanol–water partition coefficient (Wildman–Crippen LogP) is 3.52. The van der Waals surface area contributed by atoms with Crippen LogP contribution < -0.4 is 0 Å². The van der Waals surface area contributed by atoms with Gasteiger partial charge in [-0.05, 0) is 46.2 Å². The first-order chi connectivity index (χ1) is 6.29. The smallest absolute Gasteiger partial charge is 0.115 e. The molecule has 3 rings (SSSR count). The summed E-state index contributed by atoms with van der Waals surface area (Å²) in [7, 11) is 0. The van der Waals surface area contributed by atoms with Gasteiger partial charge in [0.05, 0.1) is 0 Å². The van der Waals surface area contributed by atoms with Crippen molar-refractivity contribution >= 4 is 22.6 Å². The molecule has 13 heavy (non-hydrogen) atoms. The van der Waals surface area contributed by atoms with E-state index in [1.165, 1.54) is 20.3 Å². The number of fused-ring (bicyclic) bond motifs is 5. The normalized spacial score (nSPS) is 29.7. The van der Waals surface area contributed by atoms with Gasteiger partial charge < -0.3 is 4.74 Å². The highest BCUT2D eigenvalue weighted by Gasteiger charge is 2.41. The van der Waals surface area contributed by atoms with Gasteiger partial charge in [-0.1, -0.05) is 24.3 Å². The number of ether oxygens (including phenoxy) is 1. The highest BCUT2D eigenvalue weighted by Crippen LogP contribution is 2.55. The van der Waals surface area contributed by atoms with Gasteiger partial charge in [-0.2, -0.15) is 0 Å². The van der Waals surface area contributed by atoms with E-state index in [9.17, 15) is 0 Å². The summed E-state index contributed by atoms with van der Waals surface area (Å²) >= 11 is 2.40. The Morgan fingerprint density at radius 1 is 1.15 bits per heavy atom. The van der Waals surface area contributed by atoms with Gasteiger partial charge in [-0.3, -0.25) is 0 Å². The first-order valence-electron chi connectivity index (χ1n) is 4.39. The minimum absolute atomic E-state index is 0.238. The van der Waals surface area contributed by atoms with Crippen LogP contribution >= 0.6 is 22.6 Å². The molecule has 0 amide bonds. The predicted molar refractivity (Wildman–Crippen MR) is 59.7 cm³/mol. The molecule has 0 N–H and O–H groups in total. The van der Waals surface area contributed by atoms with E-state index in [-0.39, 0.29) is 12.2 Å². The molecule has 0 saturated carbocycles. The van der Waals surface area contributed by atoms with Gasteiger partial charge in [0.2, 0.25) is 0 Å². The van der Waals surface area contributed by atoms with Gasteiger partial charge in [-0.25, -0.2) is 0 Å². The van der Waals surface area contributed by atoms with Crippen molar-refractivity contribution in [1.29, 1.82) is 0 Å². The first-order valence-corrected chi connectivity index (χ1v) is 5.47. The fraction of sp³-hybridized carbons (Fsp3) is 0.273. The average Bonchev–Trinajstić information content (AvgIpc) is 2.66. The average molecular weight is 284 g/mol. The van der Waals surface area contributed by atoms with Crippen LogP contribution in [0.5, 0.6) is 0 Å². The van der Waals surface area contributed by atoms with E-state index < -0.39 is 0 Å². The van der Waals surface area contributed by atoms with Crippen molar-refractivity contribution < 1.29 is 4.74 Å². The lowest BCUT2D eigenvalue weighted by Gasteiger charge is -2.12. The van der Waals surface area contributed by atoms with E-state index in [1.807, 2.05) is 0 Å². The molecule has 2 atom stereocenters. The molecule has 1 aromatic carbocycles. The number of benzene rings is 1. The van der Waals surface area contributed by atoms with Crippen LogP contribution in [0.1, 0.15) is 30.3 Å². The molecule has 0 fully saturated rings. The van der Waals surface area contributed by atoms with Crippen molar-refractivity contribution in [3.8, 4) is 0 Å². The molecular weight excluding hydrogens is 275 g/mol. The number of halogens is 1. The second-order valence-electron chi connectivity index (χ2n) is 3.56. The summed E-state index contributed by atoms with van der Waals surface area (Å²) in [6, 6.07) is 8.52. The molecule has 0 saturated heterocycles. The lowest BCUT2D eigenvalue weighted by molar-refractivity contribution is 0.0827. The third-order valence-electron chi connectivity index (χ3n) is 2.83. The maximum absolute atomic E-state index is 5.89. The van der Waals surface area contributed by atoms with Crippen LogP contribution in [0, 0.1) is 0 Å². The third-order valence-corrected chi connectivity index (χ3v) is 4.25. The quantitative estimate of drug-likeness (QED) is 0.662. The summed E-state index contributed by atoms with van der Waals surface area (Å²) < 4.78 is 7.26. The molecular formula is C11H9IO. The zero-order valence-corrected chi connectivity index (χ0v) is 9.41. The van der Waals surface area contributed by atoms with Crippen LogP contribution in [0.2, 0.25) is 0 Å². The molecule has 2 heteroatoms. The Morgan fingerprint density at radius 3 is 2.46 bits per heavy atom. The molecule has 0 spiro atoms. The van der Waals surface area contributed by atoms with Crippen molar-refractivity contribution in [2.24, 2.45) is 0 Å². The van der Waals surface area contributed by atoms with Crippen LogP contribution in [-0.2, 0) is 4.74 Å². The van der Waals surface area contributed by atoms with E-state index in [1.54, 1.807) is 0 Å². The molecule has 2 heterocycles.